The van der Waals surface area contributed by atoms with Crippen molar-refractivity contribution >= 4 is 23.4 Å². The van der Waals surface area contributed by atoms with Crippen LogP contribution in [0.2, 0.25) is 0 Å². The summed E-state index contributed by atoms with van der Waals surface area (Å²) >= 11 is 1.90. The van der Waals surface area contributed by atoms with Crippen LogP contribution >= 0.6 is 11.8 Å². The maximum absolute atomic E-state index is 14.6. The summed E-state index contributed by atoms with van der Waals surface area (Å²) in [4.78, 5) is 18.3. The Morgan fingerprint density at radius 1 is 0.861 bits per heavy atom. The van der Waals surface area contributed by atoms with Gasteiger partial charge >= 0.3 is 0 Å². The number of carbonyl (C=O) groups is 1. The first-order valence-corrected chi connectivity index (χ1v) is 14.2. The molecule has 0 radical (unpaired) electrons. The van der Waals surface area contributed by atoms with Gasteiger partial charge in [-0.2, -0.15) is 0 Å². The number of para-hydroxylation sites is 1. The van der Waals surface area contributed by atoms with Crippen molar-refractivity contribution in [3.63, 3.8) is 0 Å². The van der Waals surface area contributed by atoms with E-state index < -0.39 is 5.41 Å². The van der Waals surface area contributed by atoms with Gasteiger partial charge in [0.25, 0.3) is 5.91 Å². The summed E-state index contributed by atoms with van der Waals surface area (Å²) in [6, 6.07) is 27.3. The Balaban J connectivity index is 1.74. The van der Waals surface area contributed by atoms with E-state index in [1.54, 1.807) is 0 Å². The standard InChI is InChI=1S/C31H39N3OS/c1-5-23-36-29-20-14-11-15-25(29)24-32(4)34-28-19-13-12-18-27(28)31(30(34)35,21-22-33(6-2)7-3)26-16-9-8-10-17-26/h8-20H,5-7,21-24H2,1-4H3. The number of fused-ring (bicyclic) bond motifs is 1. The maximum atomic E-state index is 14.6. The number of rotatable bonds is 12. The summed E-state index contributed by atoms with van der Waals surface area (Å²) in [6.45, 7) is 10.1. The molecule has 0 N–H and O–H groups in total. The molecule has 1 atom stereocenters. The van der Waals surface area contributed by atoms with E-state index in [-0.39, 0.29) is 5.91 Å². The number of carbonyl (C=O) groups excluding carboxylic acids is 1. The van der Waals surface area contributed by atoms with Gasteiger partial charge in [0, 0.05) is 18.5 Å². The van der Waals surface area contributed by atoms with Crippen molar-refractivity contribution < 1.29 is 4.79 Å². The zero-order valence-electron chi connectivity index (χ0n) is 22.1. The monoisotopic (exact) mass is 501 g/mol. The molecule has 0 aliphatic carbocycles. The van der Waals surface area contributed by atoms with Crippen LogP contribution in [-0.2, 0) is 16.8 Å². The Morgan fingerprint density at radius 3 is 2.25 bits per heavy atom. The predicted molar refractivity (Wildman–Crippen MR) is 152 cm³/mol. The highest BCUT2D eigenvalue weighted by atomic mass is 32.2. The third-order valence-corrected chi connectivity index (χ3v) is 8.61. The van der Waals surface area contributed by atoms with Gasteiger partial charge < -0.3 is 4.90 Å². The molecule has 0 aromatic heterocycles. The van der Waals surface area contributed by atoms with Crippen molar-refractivity contribution in [3.8, 4) is 0 Å². The molecule has 36 heavy (non-hydrogen) atoms. The minimum atomic E-state index is -0.703. The van der Waals surface area contributed by atoms with E-state index in [1.807, 2.05) is 36.0 Å². The fourth-order valence-corrected chi connectivity index (χ4v) is 6.24. The van der Waals surface area contributed by atoms with Gasteiger partial charge in [-0.25, -0.2) is 10.0 Å². The minimum Gasteiger partial charge on any atom is -0.304 e. The van der Waals surface area contributed by atoms with Crippen molar-refractivity contribution in [2.75, 3.05) is 37.4 Å². The Hall–Kier alpha value is -2.60. The zero-order chi connectivity index (χ0) is 25.5. The molecule has 1 aliphatic heterocycles. The molecular weight excluding hydrogens is 462 g/mol. The van der Waals surface area contributed by atoms with Gasteiger partial charge in [0.2, 0.25) is 0 Å². The minimum absolute atomic E-state index is 0.142. The molecule has 5 heteroatoms. The van der Waals surface area contributed by atoms with E-state index >= 15 is 0 Å². The van der Waals surface area contributed by atoms with Crippen LogP contribution in [0.25, 0.3) is 0 Å². The van der Waals surface area contributed by atoms with Gasteiger partial charge in [-0.05, 0) is 67.1 Å². The van der Waals surface area contributed by atoms with Crippen molar-refractivity contribution in [1.29, 1.82) is 0 Å². The summed E-state index contributed by atoms with van der Waals surface area (Å²) in [5.74, 6) is 1.23. The lowest BCUT2D eigenvalue weighted by Gasteiger charge is -2.34. The number of hydrogen-bond donors (Lipinski definition) is 0. The molecule has 0 saturated carbocycles. The average Bonchev–Trinajstić information content (AvgIpc) is 3.17. The van der Waals surface area contributed by atoms with E-state index in [4.69, 9.17) is 0 Å². The fourth-order valence-electron chi connectivity index (χ4n) is 5.32. The third-order valence-electron chi connectivity index (χ3n) is 7.29. The third kappa shape index (κ3) is 5.10. The second kappa shape index (κ2) is 12.1. The maximum Gasteiger partial charge on any atom is 0.256 e. The van der Waals surface area contributed by atoms with Crippen LogP contribution in [0.4, 0.5) is 5.69 Å². The van der Waals surface area contributed by atoms with Gasteiger partial charge in [-0.3, -0.25) is 4.79 Å². The molecule has 0 bridgehead atoms. The number of thioether (sulfide) groups is 1. The molecule has 0 fully saturated rings. The lowest BCUT2D eigenvalue weighted by atomic mass is 9.72. The van der Waals surface area contributed by atoms with Crippen LogP contribution in [0, 0.1) is 0 Å². The van der Waals surface area contributed by atoms with Crippen LogP contribution in [0.5, 0.6) is 0 Å². The Bertz CT molecular complexity index is 1150. The molecule has 1 aliphatic rings. The zero-order valence-corrected chi connectivity index (χ0v) is 22.9. The van der Waals surface area contributed by atoms with Gasteiger partial charge in [0.1, 0.15) is 5.41 Å². The van der Waals surface area contributed by atoms with Crippen molar-refractivity contribution in [2.45, 2.75) is 50.5 Å². The SMILES string of the molecule is CCCSc1ccccc1CN(C)N1C(=O)C(CCN(CC)CC)(c2ccccc2)c2ccccc21. The molecule has 1 amide bonds. The molecule has 4 rings (SSSR count). The predicted octanol–water partition coefficient (Wildman–Crippen LogP) is 6.60. The first-order valence-electron chi connectivity index (χ1n) is 13.2. The summed E-state index contributed by atoms with van der Waals surface area (Å²) in [5, 5.41) is 4.04. The van der Waals surface area contributed by atoms with Gasteiger partial charge in [-0.1, -0.05) is 87.5 Å². The van der Waals surface area contributed by atoms with Crippen LogP contribution in [0.3, 0.4) is 0 Å². The van der Waals surface area contributed by atoms with E-state index in [1.165, 1.54) is 10.5 Å². The van der Waals surface area contributed by atoms with Crippen LogP contribution in [0.15, 0.2) is 83.8 Å². The van der Waals surface area contributed by atoms with Crippen molar-refractivity contribution in [1.82, 2.24) is 9.91 Å². The van der Waals surface area contributed by atoms with E-state index in [0.717, 1.165) is 55.0 Å². The van der Waals surface area contributed by atoms with Gasteiger partial charge in [0.05, 0.1) is 5.69 Å². The summed E-state index contributed by atoms with van der Waals surface area (Å²) in [6.07, 6.45) is 1.89. The molecule has 3 aromatic rings. The number of hydrazine groups is 1. The first-order chi connectivity index (χ1) is 17.6. The largest absolute Gasteiger partial charge is 0.304 e. The molecule has 1 unspecified atom stereocenters. The molecule has 3 aromatic carbocycles. The van der Waals surface area contributed by atoms with Crippen molar-refractivity contribution in [3.05, 3.63) is 95.6 Å². The summed E-state index contributed by atoms with van der Waals surface area (Å²) in [7, 11) is 2.04. The Labute approximate surface area is 221 Å². The lowest BCUT2D eigenvalue weighted by Crippen LogP contribution is -2.49. The fraction of sp³-hybridized carbons (Fsp3) is 0.387. The first kappa shape index (κ1) is 26.5. The topological polar surface area (TPSA) is 26.8 Å². The van der Waals surface area contributed by atoms with E-state index in [0.29, 0.717) is 6.54 Å². The molecule has 190 valence electrons. The summed E-state index contributed by atoms with van der Waals surface area (Å²) in [5.41, 5.74) is 3.72. The number of nitrogens with zero attached hydrogens (tertiary/aromatic N) is 3. The second-order valence-corrected chi connectivity index (χ2v) is 10.6. The van der Waals surface area contributed by atoms with Crippen LogP contribution in [0.1, 0.15) is 50.3 Å². The van der Waals surface area contributed by atoms with Gasteiger partial charge in [-0.15, -0.1) is 11.8 Å². The molecular formula is C31H39N3OS. The normalized spacial score (nSPS) is 17.3. The van der Waals surface area contributed by atoms with E-state index in [2.05, 4.69) is 97.4 Å². The Morgan fingerprint density at radius 2 is 1.53 bits per heavy atom. The number of hydrogen-bond acceptors (Lipinski definition) is 4. The van der Waals surface area contributed by atoms with E-state index in [9.17, 15) is 4.79 Å². The number of anilines is 1. The van der Waals surface area contributed by atoms with Crippen molar-refractivity contribution in [2.24, 2.45) is 0 Å². The second-order valence-electron chi connectivity index (χ2n) is 9.45. The highest BCUT2D eigenvalue weighted by molar-refractivity contribution is 7.99. The number of amides is 1. The smallest absolute Gasteiger partial charge is 0.256 e. The Kier molecular flexibility index (Phi) is 8.89. The summed E-state index contributed by atoms with van der Waals surface area (Å²) < 4.78 is 0. The molecule has 0 saturated heterocycles. The van der Waals surface area contributed by atoms with Gasteiger partial charge in [0.15, 0.2) is 0 Å². The van der Waals surface area contributed by atoms with Crippen LogP contribution in [-0.4, -0.2) is 48.3 Å². The average molecular weight is 502 g/mol. The molecule has 0 spiro atoms. The highest BCUT2D eigenvalue weighted by Crippen LogP contribution is 2.49. The van der Waals surface area contributed by atoms with Crippen LogP contribution < -0.4 is 5.01 Å². The lowest BCUT2D eigenvalue weighted by molar-refractivity contribution is -0.125. The quantitative estimate of drug-likeness (QED) is 0.261. The molecule has 1 heterocycles. The highest BCUT2D eigenvalue weighted by Gasteiger charge is 2.53. The molecule has 4 nitrogen and oxygen atoms in total. The number of benzene rings is 3.